The SMILES string of the molecule is Cc1ccc([C@@H]2[C@@H]3C(=O)N(c4ccc(F)cc4)C(=O)[C@H]3N3CCCN23)cc1. The zero-order valence-electron chi connectivity index (χ0n) is 15.0. The molecule has 3 saturated heterocycles. The molecule has 0 aliphatic carbocycles. The van der Waals surface area contributed by atoms with Gasteiger partial charge in [-0.15, -0.1) is 0 Å². The molecule has 0 N–H and O–H groups in total. The van der Waals surface area contributed by atoms with E-state index in [2.05, 4.69) is 22.2 Å². The minimum atomic E-state index is -0.476. The van der Waals surface area contributed by atoms with Crippen molar-refractivity contribution >= 4 is 17.5 Å². The van der Waals surface area contributed by atoms with Gasteiger partial charge in [-0.3, -0.25) is 9.59 Å². The van der Waals surface area contributed by atoms with Crippen molar-refractivity contribution in [1.82, 2.24) is 10.0 Å². The third kappa shape index (κ3) is 2.37. The first-order valence-corrected chi connectivity index (χ1v) is 9.29. The maximum absolute atomic E-state index is 13.3. The maximum atomic E-state index is 13.3. The van der Waals surface area contributed by atoms with Crippen molar-refractivity contribution < 1.29 is 14.0 Å². The zero-order valence-corrected chi connectivity index (χ0v) is 15.0. The van der Waals surface area contributed by atoms with Crippen LogP contribution in [0.3, 0.4) is 0 Å². The molecule has 0 bridgehead atoms. The minimum Gasteiger partial charge on any atom is -0.274 e. The van der Waals surface area contributed by atoms with Crippen molar-refractivity contribution in [3.63, 3.8) is 0 Å². The maximum Gasteiger partial charge on any atom is 0.253 e. The van der Waals surface area contributed by atoms with Crippen LogP contribution in [0.5, 0.6) is 0 Å². The Morgan fingerprint density at radius 3 is 2.15 bits per heavy atom. The highest BCUT2D eigenvalue weighted by Gasteiger charge is 2.62. The lowest BCUT2D eigenvalue weighted by atomic mass is 9.89. The monoisotopic (exact) mass is 365 g/mol. The van der Waals surface area contributed by atoms with Crippen molar-refractivity contribution in [3.8, 4) is 0 Å². The highest BCUT2D eigenvalue weighted by molar-refractivity contribution is 6.24. The average Bonchev–Trinajstić information content (AvgIpc) is 3.30. The normalized spacial score (nSPS) is 28.1. The third-order valence-corrected chi connectivity index (χ3v) is 5.91. The van der Waals surface area contributed by atoms with Gasteiger partial charge in [0.05, 0.1) is 17.6 Å². The molecule has 0 unspecified atom stereocenters. The zero-order chi connectivity index (χ0) is 18.7. The molecule has 0 spiro atoms. The van der Waals surface area contributed by atoms with Crippen LogP contribution in [0, 0.1) is 18.7 Å². The molecule has 5 nitrogen and oxygen atoms in total. The van der Waals surface area contributed by atoms with E-state index >= 15 is 0 Å². The van der Waals surface area contributed by atoms with Crippen LogP contribution in [0.4, 0.5) is 10.1 Å². The van der Waals surface area contributed by atoms with Gasteiger partial charge in [-0.05, 0) is 43.2 Å². The fourth-order valence-electron chi connectivity index (χ4n) is 4.72. The third-order valence-electron chi connectivity index (χ3n) is 5.91. The number of carbonyl (C=O) groups is 2. The Labute approximate surface area is 156 Å². The van der Waals surface area contributed by atoms with E-state index in [1.807, 2.05) is 19.1 Å². The number of aryl methyl sites for hydroxylation is 1. The number of fused-ring (bicyclic) bond motifs is 3. The molecule has 138 valence electrons. The average molecular weight is 365 g/mol. The number of benzene rings is 2. The number of nitrogens with zero attached hydrogens (tertiary/aromatic N) is 3. The first kappa shape index (κ1) is 16.6. The number of amides is 2. The minimum absolute atomic E-state index is 0.139. The molecule has 27 heavy (non-hydrogen) atoms. The van der Waals surface area contributed by atoms with E-state index in [0.717, 1.165) is 30.6 Å². The Balaban J connectivity index is 1.57. The first-order valence-electron chi connectivity index (χ1n) is 9.29. The molecule has 3 fully saturated rings. The number of halogens is 1. The molecule has 0 saturated carbocycles. The van der Waals surface area contributed by atoms with E-state index in [1.54, 1.807) is 0 Å². The Bertz CT molecular complexity index is 912. The summed E-state index contributed by atoms with van der Waals surface area (Å²) >= 11 is 0. The Morgan fingerprint density at radius 2 is 1.48 bits per heavy atom. The predicted molar refractivity (Wildman–Crippen MR) is 98.1 cm³/mol. The molecular weight excluding hydrogens is 345 g/mol. The number of anilines is 1. The summed E-state index contributed by atoms with van der Waals surface area (Å²) < 4.78 is 13.3. The lowest BCUT2D eigenvalue weighted by Crippen LogP contribution is -2.44. The number of carbonyl (C=O) groups excluding carboxylic acids is 2. The largest absolute Gasteiger partial charge is 0.274 e. The fourth-order valence-corrected chi connectivity index (χ4v) is 4.72. The summed E-state index contributed by atoms with van der Waals surface area (Å²) in [5, 5.41) is 4.26. The molecular formula is C21H20FN3O2. The van der Waals surface area contributed by atoms with E-state index < -0.39 is 12.0 Å². The van der Waals surface area contributed by atoms with Crippen LogP contribution in [0.2, 0.25) is 0 Å². The van der Waals surface area contributed by atoms with Gasteiger partial charge in [0.25, 0.3) is 5.91 Å². The van der Waals surface area contributed by atoms with Crippen molar-refractivity contribution in [2.45, 2.75) is 25.4 Å². The van der Waals surface area contributed by atoms with Crippen LogP contribution < -0.4 is 4.90 Å². The summed E-state index contributed by atoms with van der Waals surface area (Å²) in [5.74, 6) is -1.23. The number of rotatable bonds is 2. The highest BCUT2D eigenvalue weighted by atomic mass is 19.1. The number of hydrazine groups is 1. The molecule has 5 rings (SSSR count). The second kappa shape index (κ2) is 5.97. The smallest absolute Gasteiger partial charge is 0.253 e. The molecule has 3 aliphatic rings. The molecule has 3 atom stereocenters. The van der Waals surface area contributed by atoms with Crippen LogP contribution in [-0.4, -0.2) is 41.0 Å². The molecule has 2 aromatic rings. The van der Waals surface area contributed by atoms with Gasteiger partial charge in [-0.25, -0.2) is 19.3 Å². The molecule has 3 aliphatic heterocycles. The lowest BCUT2D eigenvalue weighted by molar-refractivity contribution is -0.126. The summed E-state index contributed by atoms with van der Waals surface area (Å²) in [6.45, 7) is 3.66. The molecule has 6 heteroatoms. The number of hydrogen-bond donors (Lipinski definition) is 0. The lowest BCUT2D eigenvalue weighted by Gasteiger charge is -2.29. The second-order valence-corrected chi connectivity index (χ2v) is 7.49. The summed E-state index contributed by atoms with van der Waals surface area (Å²) in [6, 6.07) is 13.1. The summed E-state index contributed by atoms with van der Waals surface area (Å²) in [7, 11) is 0. The van der Waals surface area contributed by atoms with Gasteiger partial charge in [-0.2, -0.15) is 0 Å². The standard InChI is InChI=1S/C21H20FN3O2/c1-13-3-5-14(6-4-13)18-17-19(24-12-2-11-23(18)24)21(27)25(20(17)26)16-9-7-15(22)8-10-16/h3-10,17-19H,2,11-12H2,1H3/t17-,18+,19-/m0/s1. The topological polar surface area (TPSA) is 43.9 Å². The van der Waals surface area contributed by atoms with Crippen LogP contribution >= 0.6 is 0 Å². The van der Waals surface area contributed by atoms with E-state index in [1.165, 1.54) is 29.2 Å². The van der Waals surface area contributed by atoms with Crippen LogP contribution in [0.25, 0.3) is 0 Å². The number of hydrogen-bond acceptors (Lipinski definition) is 4. The van der Waals surface area contributed by atoms with Crippen LogP contribution in [0.1, 0.15) is 23.6 Å². The molecule has 3 heterocycles. The Morgan fingerprint density at radius 1 is 0.852 bits per heavy atom. The second-order valence-electron chi connectivity index (χ2n) is 7.49. The van der Waals surface area contributed by atoms with Crippen molar-refractivity contribution in [1.29, 1.82) is 0 Å². The quantitative estimate of drug-likeness (QED) is 0.768. The summed E-state index contributed by atoms with van der Waals surface area (Å²) in [4.78, 5) is 27.8. The van der Waals surface area contributed by atoms with Gasteiger partial charge >= 0.3 is 0 Å². The van der Waals surface area contributed by atoms with Crippen molar-refractivity contribution in [2.24, 2.45) is 5.92 Å². The van der Waals surface area contributed by atoms with Gasteiger partial charge in [0, 0.05) is 13.1 Å². The van der Waals surface area contributed by atoms with E-state index in [9.17, 15) is 14.0 Å². The van der Waals surface area contributed by atoms with Crippen LogP contribution in [-0.2, 0) is 9.59 Å². The van der Waals surface area contributed by atoms with Gasteiger partial charge in [0.15, 0.2) is 0 Å². The predicted octanol–water partition coefficient (Wildman–Crippen LogP) is 2.67. The summed E-state index contributed by atoms with van der Waals surface area (Å²) in [5.41, 5.74) is 2.66. The Hall–Kier alpha value is -2.57. The van der Waals surface area contributed by atoms with Gasteiger partial charge in [-0.1, -0.05) is 29.8 Å². The summed E-state index contributed by atoms with van der Waals surface area (Å²) in [6.07, 6.45) is 0.976. The van der Waals surface area contributed by atoms with E-state index in [0.29, 0.717) is 5.69 Å². The van der Waals surface area contributed by atoms with Crippen molar-refractivity contribution in [3.05, 3.63) is 65.5 Å². The Kier molecular flexibility index (Phi) is 3.67. The van der Waals surface area contributed by atoms with Gasteiger partial charge < -0.3 is 0 Å². The molecule has 2 amide bonds. The van der Waals surface area contributed by atoms with Crippen molar-refractivity contribution in [2.75, 3.05) is 18.0 Å². The highest BCUT2D eigenvalue weighted by Crippen LogP contribution is 2.48. The first-order chi connectivity index (χ1) is 13.1. The van der Waals surface area contributed by atoms with Crippen LogP contribution in [0.15, 0.2) is 48.5 Å². The van der Waals surface area contributed by atoms with E-state index in [-0.39, 0.29) is 23.7 Å². The number of imide groups is 1. The fraction of sp³-hybridized carbons (Fsp3) is 0.333. The van der Waals surface area contributed by atoms with Gasteiger partial charge in [0.2, 0.25) is 5.91 Å². The molecule has 0 radical (unpaired) electrons. The van der Waals surface area contributed by atoms with Gasteiger partial charge in [0.1, 0.15) is 11.9 Å². The molecule has 0 aromatic heterocycles. The molecule has 2 aromatic carbocycles. The van der Waals surface area contributed by atoms with E-state index in [4.69, 9.17) is 0 Å².